The third-order valence-electron chi connectivity index (χ3n) is 4.02. The van der Waals surface area contributed by atoms with Crippen LogP contribution >= 0.6 is 0 Å². The number of aryl methyl sites for hydroxylation is 1. The fourth-order valence-electron chi connectivity index (χ4n) is 2.66. The highest BCUT2D eigenvalue weighted by atomic mass is 32.2. The lowest BCUT2D eigenvalue weighted by Crippen LogP contribution is -2.44. The first kappa shape index (κ1) is 16.9. The van der Waals surface area contributed by atoms with Gasteiger partial charge in [-0.15, -0.1) is 0 Å². The van der Waals surface area contributed by atoms with Gasteiger partial charge < -0.3 is 10.1 Å². The highest BCUT2D eigenvalue weighted by Gasteiger charge is 2.32. The van der Waals surface area contributed by atoms with Crippen molar-refractivity contribution in [2.24, 2.45) is 0 Å². The molecule has 0 atom stereocenters. The lowest BCUT2D eigenvalue weighted by Gasteiger charge is -2.31. The number of sulfonamides is 1. The number of benzene rings is 1. The third-order valence-corrected chi connectivity index (χ3v) is 5.98. The van der Waals surface area contributed by atoms with Gasteiger partial charge in [0.05, 0.1) is 17.6 Å². The molecule has 1 aromatic rings. The van der Waals surface area contributed by atoms with Crippen LogP contribution in [0, 0.1) is 6.92 Å². The monoisotopic (exact) mass is 326 g/mol. The van der Waals surface area contributed by atoms with Gasteiger partial charge in [0.15, 0.2) is 0 Å². The number of carbonyl (C=O) groups excluding carboxylic acids is 1. The fraction of sp³-hybridized carbons (Fsp3) is 0.533. The van der Waals surface area contributed by atoms with Crippen molar-refractivity contribution in [1.29, 1.82) is 0 Å². The largest absolute Gasteiger partial charge is 0.465 e. The molecule has 0 aliphatic carbocycles. The van der Waals surface area contributed by atoms with Crippen LogP contribution in [0.4, 0.5) is 0 Å². The van der Waals surface area contributed by atoms with Crippen LogP contribution in [-0.2, 0) is 14.8 Å². The molecule has 22 heavy (non-hydrogen) atoms. The van der Waals surface area contributed by atoms with Gasteiger partial charge in [0.2, 0.25) is 10.0 Å². The van der Waals surface area contributed by atoms with Gasteiger partial charge >= 0.3 is 5.97 Å². The summed E-state index contributed by atoms with van der Waals surface area (Å²) in [6.07, 6.45) is 1.52. The Morgan fingerprint density at radius 1 is 1.32 bits per heavy atom. The Morgan fingerprint density at radius 2 is 1.95 bits per heavy atom. The second-order valence-electron chi connectivity index (χ2n) is 5.46. The Kier molecular flexibility index (Phi) is 5.20. The summed E-state index contributed by atoms with van der Waals surface area (Å²) >= 11 is 0. The third kappa shape index (κ3) is 3.31. The number of hydrogen-bond acceptors (Lipinski definition) is 5. The van der Waals surface area contributed by atoms with Crippen LogP contribution in [0.5, 0.6) is 0 Å². The normalized spacial score (nSPS) is 17.4. The maximum atomic E-state index is 12.8. The molecule has 0 bridgehead atoms. The molecule has 1 aromatic carbocycles. The molecular weight excluding hydrogens is 304 g/mol. The van der Waals surface area contributed by atoms with Crippen LogP contribution in [0.3, 0.4) is 0 Å². The molecule has 6 nitrogen and oxygen atoms in total. The summed E-state index contributed by atoms with van der Waals surface area (Å²) in [6, 6.07) is 5.07. The minimum atomic E-state index is -3.69. The quantitative estimate of drug-likeness (QED) is 0.840. The van der Waals surface area contributed by atoms with Crippen molar-refractivity contribution in [3.63, 3.8) is 0 Å². The number of methoxy groups -OCH3 is 1. The van der Waals surface area contributed by atoms with Crippen molar-refractivity contribution in [1.82, 2.24) is 9.62 Å². The van der Waals surface area contributed by atoms with Crippen molar-refractivity contribution in [2.75, 3.05) is 27.2 Å². The SMILES string of the molecule is CNC1CCN(S(=O)(=O)c2ccc(C)cc2C(=O)OC)CC1. The summed E-state index contributed by atoms with van der Waals surface area (Å²) in [5, 5.41) is 3.17. The Hall–Kier alpha value is -1.44. The van der Waals surface area contributed by atoms with E-state index >= 15 is 0 Å². The van der Waals surface area contributed by atoms with Gasteiger partial charge in [-0.3, -0.25) is 0 Å². The number of rotatable bonds is 4. The highest BCUT2D eigenvalue weighted by molar-refractivity contribution is 7.89. The molecule has 0 aromatic heterocycles. The van der Waals surface area contributed by atoms with E-state index < -0.39 is 16.0 Å². The van der Waals surface area contributed by atoms with Gasteiger partial charge in [0.25, 0.3) is 0 Å². The van der Waals surface area contributed by atoms with Crippen LogP contribution in [-0.4, -0.2) is 52.0 Å². The van der Waals surface area contributed by atoms with E-state index in [4.69, 9.17) is 4.74 Å². The molecule has 0 amide bonds. The molecule has 0 spiro atoms. The molecule has 122 valence electrons. The maximum absolute atomic E-state index is 12.8. The number of ether oxygens (including phenoxy) is 1. The Balaban J connectivity index is 2.36. The standard InChI is InChI=1S/C15H22N2O4S/c1-11-4-5-14(13(10-11)15(18)21-3)22(19,20)17-8-6-12(16-2)7-9-17/h4-5,10,12,16H,6-9H2,1-3H3. The van der Waals surface area contributed by atoms with E-state index in [1.807, 2.05) is 7.05 Å². The number of nitrogens with zero attached hydrogens (tertiary/aromatic N) is 1. The Bertz CT molecular complexity index is 650. The fourth-order valence-corrected chi connectivity index (χ4v) is 4.29. The summed E-state index contributed by atoms with van der Waals surface area (Å²) in [5.74, 6) is -0.632. The van der Waals surface area contributed by atoms with Gasteiger partial charge in [-0.2, -0.15) is 4.31 Å². The molecule has 0 unspecified atom stereocenters. The van der Waals surface area contributed by atoms with Crippen molar-refractivity contribution in [3.8, 4) is 0 Å². The molecule has 0 radical (unpaired) electrons. The average molecular weight is 326 g/mol. The summed E-state index contributed by atoms with van der Waals surface area (Å²) in [4.78, 5) is 11.9. The number of carbonyl (C=O) groups is 1. The zero-order valence-corrected chi connectivity index (χ0v) is 13.9. The number of nitrogens with one attached hydrogen (secondary N) is 1. The molecular formula is C15H22N2O4S. The molecule has 1 heterocycles. The minimum absolute atomic E-state index is 0.0212. The zero-order chi connectivity index (χ0) is 16.3. The van der Waals surface area contributed by atoms with E-state index in [1.54, 1.807) is 19.1 Å². The number of hydrogen-bond donors (Lipinski definition) is 1. The second kappa shape index (κ2) is 6.76. The van der Waals surface area contributed by atoms with Crippen molar-refractivity contribution in [3.05, 3.63) is 29.3 Å². The van der Waals surface area contributed by atoms with Crippen LogP contribution in [0.25, 0.3) is 0 Å². The van der Waals surface area contributed by atoms with Crippen molar-refractivity contribution in [2.45, 2.75) is 30.7 Å². The van der Waals surface area contributed by atoms with E-state index in [2.05, 4.69) is 5.32 Å². The van der Waals surface area contributed by atoms with E-state index in [1.165, 1.54) is 17.5 Å². The molecule has 1 N–H and O–H groups in total. The summed E-state index contributed by atoms with van der Waals surface area (Å²) in [6.45, 7) is 2.70. The van der Waals surface area contributed by atoms with E-state index in [0.717, 1.165) is 18.4 Å². The summed E-state index contributed by atoms with van der Waals surface area (Å²) < 4.78 is 31.8. The molecule has 7 heteroatoms. The molecule has 1 aliphatic rings. The van der Waals surface area contributed by atoms with E-state index in [-0.39, 0.29) is 10.5 Å². The smallest absolute Gasteiger partial charge is 0.339 e. The molecule has 1 saturated heterocycles. The van der Waals surface area contributed by atoms with Gasteiger partial charge in [0.1, 0.15) is 0 Å². The van der Waals surface area contributed by atoms with Crippen LogP contribution in [0.15, 0.2) is 23.1 Å². The predicted molar refractivity (Wildman–Crippen MR) is 83.4 cm³/mol. The molecule has 2 rings (SSSR count). The lowest BCUT2D eigenvalue weighted by molar-refractivity contribution is 0.0596. The average Bonchev–Trinajstić information content (AvgIpc) is 2.53. The number of esters is 1. The molecule has 0 saturated carbocycles. The van der Waals surface area contributed by atoms with Crippen LogP contribution in [0.1, 0.15) is 28.8 Å². The Labute approximate surface area is 131 Å². The first-order chi connectivity index (χ1) is 10.4. The highest BCUT2D eigenvalue weighted by Crippen LogP contribution is 2.25. The van der Waals surface area contributed by atoms with Crippen molar-refractivity contribution < 1.29 is 17.9 Å². The molecule has 1 fully saturated rings. The van der Waals surface area contributed by atoms with Crippen LogP contribution in [0.2, 0.25) is 0 Å². The van der Waals surface area contributed by atoms with Gasteiger partial charge in [-0.1, -0.05) is 11.6 Å². The first-order valence-electron chi connectivity index (χ1n) is 7.26. The summed E-state index contributed by atoms with van der Waals surface area (Å²) in [7, 11) is -0.563. The van der Waals surface area contributed by atoms with Gasteiger partial charge in [0, 0.05) is 19.1 Å². The zero-order valence-electron chi connectivity index (χ0n) is 13.1. The maximum Gasteiger partial charge on any atom is 0.339 e. The van der Waals surface area contributed by atoms with Crippen LogP contribution < -0.4 is 5.32 Å². The minimum Gasteiger partial charge on any atom is -0.465 e. The molecule has 1 aliphatic heterocycles. The van der Waals surface area contributed by atoms with Crippen molar-refractivity contribution >= 4 is 16.0 Å². The Morgan fingerprint density at radius 3 is 2.50 bits per heavy atom. The first-order valence-corrected chi connectivity index (χ1v) is 8.70. The topological polar surface area (TPSA) is 75.7 Å². The second-order valence-corrected chi connectivity index (χ2v) is 7.36. The summed E-state index contributed by atoms with van der Waals surface area (Å²) in [5.41, 5.74) is 0.909. The number of piperidine rings is 1. The van der Waals surface area contributed by atoms with E-state index in [0.29, 0.717) is 19.1 Å². The predicted octanol–water partition coefficient (Wildman–Crippen LogP) is 1.15. The van der Waals surface area contributed by atoms with Gasteiger partial charge in [-0.05, 0) is 38.9 Å². The van der Waals surface area contributed by atoms with Gasteiger partial charge in [-0.25, -0.2) is 13.2 Å². The lowest BCUT2D eigenvalue weighted by atomic mass is 10.1. The van der Waals surface area contributed by atoms with E-state index in [9.17, 15) is 13.2 Å².